The summed E-state index contributed by atoms with van der Waals surface area (Å²) in [6.45, 7) is 2.06. The zero-order chi connectivity index (χ0) is 19.0. The van der Waals surface area contributed by atoms with Crippen LogP contribution in [0.1, 0.15) is 41.2 Å². The summed E-state index contributed by atoms with van der Waals surface area (Å²) in [6, 6.07) is 8.18. The molecule has 0 aliphatic heterocycles. The second-order valence-electron chi connectivity index (χ2n) is 6.71. The van der Waals surface area contributed by atoms with E-state index in [2.05, 4.69) is 16.2 Å². The van der Waals surface area contributed by atoms with Crippen molar-refractivity contribution in [3.63, 3.8) is 0 Å². The molecule has 7 nitrogen and oxygen atoms in total. The average molecular weight is 362 g/mol. The summed E-state index contributed by atoms with van der Waals surface area (Å²) in [7, 11) is 0. The van der Waals surface area contributed by atoms with Gasteiger partial charge in [0.1, 0.15) is 17.3 Å². The van der Waals surface area contributed by atoms with Crippen molar-refractivity contribution in [3.05, 3.63) is 63.0 Å². The highest BCUT2D eigenvalue weighted by atomic mass is 16.5. The standard InChI is InChI=1S/C20H18N4O3/c1-12-22-18-5-3-2-4-16(18)20(26)24(12)11-14-8-19(27-23-14)17-9-15(25)7-6-13(17)10-21/h6-9,25H,2-5,11H2,1H3. The van der Waals surface area contributed by atoms with E-state index in [0.717, 1.165) is 36.9 Å². The molecule has 4 rings (SSSR count). The monoisotopic (exact) mass is 362 g/mol. The molecule has 3 aromatic rings. The van der Waals surface area contributed by atoms with Crippen molar-refractivity contribution in [2.24, 2.45) is 0 Å². The predicted molar refractivity (Wildman–Crippen MR) is 97.3 cm³/mol. The van der Waals surface area contributed by atoms with Crippen LogP contribution in [0.5, 0.6) is 5.75 Å². The molecule has 1 N–H and O–H groups in total. The topological polar surface area (TPSA) is 105 Å². The minimum absolute atomic E-state index is 0.0168. The molecule has 0 atom stereocenters. The van der Waals surface area contributed by atoms with Gasteiger partial charge >= 0.3 is 0 Å². The molecule has 1 aliphatic carbocycles. The zero-order valence-electron chi connectivity index (χ0n) is 14.9. The summed E-state index contributed by atoms with van der Waals surface area (Å²) in [6.07, 6.45) is 3.70. The molecule has 136 valence electrons. The molecule has 1 aromatic carbocycles. The molecular formula is C20H18N4O3. The van der Waals surface area contributed by atoms with Crippen LogP contribution >= 0.6 is 0 Å². The van der Waals surface area contributed by atoms with Gasteiger partial charge in [-0.2, -0.15) is 5.26 Å². The summed E-state index contributed by atoms with van der Waals surface area (Å²) < 4.78 is 6.98. The molecule has 0 saturated carbocycles. The Bertz CT molecular complexity index is 1120. The SMILES string of the molecule is Cc1nc2c(c(=O)n1Cc1cc(-c3cc(O)ccc3C#N)on1)CCCC2. The molecule has 0 unspecified atom stereocenters. The van der Waals surface area contributed by atoms with Crippen LogP contribution in [0, 0.1) is 18.3 Å². The van der Waals surface area contributed by atoms with Crippen LogP contribution in [0.3, 0.4) is 0 Å². The molecule has 0 spiro atoms. The molecule has 1 aliphatic rings. The molecule has 27 heavy (non-hydrogen) atoms. The second kappa shape index (κ2) is 6.72. The maximum absolute atomic E-state index is 12.8. The first kappa shape index (κ1) is 17.0. The van der Waals surface area contributed by atoms with E-state index >= 15 is 0 Å². The predicted octanol–water partition coefficient (Wildman–Crippen LogP) is 2.71. The Kier molecular flexibility index (Phi) is 4.24. The Labute approximate surface area is 155 Å². The van der Waals surface area contributed by atoms with Crippen LogP contribution in [0.25, 0.3) is 11.3 Å². The van der Waals surface area contributed by atoms with Crippen molar-refractivity contribution in [3.8, 4) is 23.1 Å². The normalized spacial score (nSPS) is 13.2. The number of phenolic OH excluding ortho intramolecular Hbond substituents is 1. The first-order chi connectivity index (χ1) is 13.1. The number of aromatic nitrogens is 3. The summed E-state index contributed by atoms with van der Waals surface area (Å²) in [5.74, 6) is 1.06. The Hall–Kier alpha value is -3.40. The lowest BCUT2D eigenvalue weighted by molar-refractivity contribution is 0.419. The van der Waals surface area contributed by atoms with E-state index in [1.807, 2.05) is 6.92 Å². The van der Waals surface area contributed by atoms with E-state index in [9.17, 15) is 15.2 Å². The van der Waals surface area contributed by atoms with Crippen LogP contribution in [0.2, 0.25) is 0 Å². The second-order valence-corrected chi connectivity index (χ2v) is 6.71. The molecule has 0 bridgehead atoms. The third-order valence-electron chi connectivity index (χ3n) is 4.90. The Morgan fingerprint density at radius 1 is 1.30 bits per heavy atom. The largest absolute Gasteiger partial charge is 0.508 e. The van der Waals surface area contributed by atoms with Gasteiger partial charge in [-0.3, -0.25) is 9.36 Å². The summed E-state index contributed by atoms with van der Waals surface area (Å²) >= 11 is 0. The van der Waals surface area contributed by atoms with Gasteiger partial charge in [-0.1, -0.05) is 5.16 Å². The third-order valence-corrected chi connectivity index (χ3v) is 4.90. The lowest BCUT2D eigenvalue weighted by Crippen LogP contribution is -2.31. The number of aromatic hydroxyl groups is 1. The summed E-state index contributed by atoms with van der Waals surface area (Å²) in [5, 5.41) is 23.0. The highest BCUT2D eigenvalue weighted by Gasteiger charge is 2.19. The van der Waals surface area contributed by atoms with E-state index < -0.39 is 0 Å². The average Bonchev–Trinajstić information content (AvgIpc) is 3.13. The van der Waals surface area contributed by atoms with E-state index in [0.29, 0.717) is 28.4 Å². The smallest absolute Gasteiger partial charge is 0.257 e. The highest BCUT2D eigenvalue weighted by molar-refractivity contribution is 5.67. The molecule has 2 heterocycles. The van der Waals surface area contributed by atoms with Gasteiger partial charge in [0.2, 0.25) is 0 Å². The van der Waals surface area contributed by atoms with Crippen molar-refractivity contribution in [1.29, 1.82) is 5.26 Å². The van der Waals surface area contributed by atoms with Crippen LogP contribution in [-0.2, 0) is 19.4 Å². The number of nitrogens with zero attached hydrogens (tertiary/aromatic N) is 4. The summed E-state index contributed by atoms with van der Waals surface area (Å²) in [4.78, 5) is 17.5. The maximum Gasteiger partial charge on any atom is 0.257 e. The van der Waals surface area contributed by atoms with E-state index in [1.54, 1.807) is 10.6 Å². The zero-order valence-corrected chi connectivity index (χ0v) is 14.9. The fraction of sp³-hybridized carbons (Fsp3) is 0.300. The number of phenols is 1. The fourth-order valence-electron chi connectivity index (χ4n) is 3.50. The molecule has 0 saturated heterocycles. The van der Waals surface area contributed by atoms with Crippen LogP contribution in [0.15, 0.2) is 33.6 Å². The van der Waals surface area contributed by atoms with Gasteiger partial charge in [0.15, 0.2) is 5.76 Å². The first-order valence-corrected chi connectivity index (χ1v) is 8.85. The number of benzene rings is 1. The first-order valence-electron chi connectivity index (χ1n) is 8.85. The number of hydrogen-bond donors (Lipinski definition) is 1. The molecule has 2 aromatic heterocycles. The Balaban J connectivity index is 1.70. The van der Waals surface area contributed by atoms with E-state index in [4.69, 9.17) is 4.52 Å². The van der Waals surface area contributed by atoms with Crippen LogP contribution in [-0.4, -0.2) is 19.8 Å². The molecule has 0 amide bonds. The maximum atomic E-state index is 12.8. The van der Waals surface area contributed by atoms with Crippen LogP contribution < -0.4 is 5.56 Å². The van der Waals surface area contributed by atoms with Gasteiger partial charge in [0, 0.05) is 17.2 Å². The third kappa shape index (κ3) is 3.10. The Morgan fingerprint density at radius 2 is 2.11 bits per heavy atom. The van der Waals surface area contributed by atoms with Crippen molar-refractivity contribution in [2.45, 2.75) is 39.2 Å². The van der Waals surface area contributed by atoms with Gasteiger partial charge in [-0.25, -0.2) is 4.98 Å². The number of fused-ring (bicyclic) bond motifs is 1. The van der Waals surface area contributed by atoms with Crippen molar-refractivity contribution in [1.82, 2.24) is 14.7 Å². The fourth-order valence-corrected chi connectivity index (χ4v) is 3.50. The van der Waals surface area contributed by atoms with Crippen molar-refractivity contribution in [2.75, 3.05) is 0 Å². The van der Waals surface area contributed by atoms with Gasteiger partial charge in [-0.05, 0) is 50.8 Å². The van der Waals surface area contributed by atoms with Gasteiger partial charge < -0.3 is 9.63 Å². The van der Waals surface area contributed by atoms with Crippen LogP contribution in [0.4, 0.5) is 0 Å². The van der Waals surface area contributed by atoms with Crippen molar-refractivity contribution < 1.29 is 9.63 Å². The summed E-state index contributed by atoms with van der Waals surface area (Å²) in [5.41, 5.74) is 3.09. The minimum atomic E-state index is -0.0168. The molecular weight excluding hydrogens is 344 g/mol. The number of aryl methyl sites for hydroxylation is 2. The number of rotatable bonds is 3. The number of nitriles is 1. The lowest BCUT2D eigenvalue weighted by atomic mass is 9.97. The molecule has 7 heteroatoms. The van der Waals surface area contributed by atoms with Gasteiger partial charge in [0.25, 0.3) is 5.56 Å². The van der Waals surface area contributed by atoms with Gasteiger partial charge in [0.05, 0.1) is 23.9 Å². The van der Waals surface area contributed by atoms with E-state index in [-0.39, 0.29) is 17.9 Å². The molecule has 0 radical (unpaired) electrons. The van der Waals surface area contributed by atoms with E-state index in [1.165, 1.54) is 18.2 Å². The molecule has 0 fully saturated rings. The Morgan fingerprint density at radius 3 is 2.93 bits per heavy atom. The quantitative estimate of drug-likeness (QED) is 0.768. The highest BCUT2D eigenvalue weighted by Crippen LogP contribution is 2.28. The lowest BCUT2D eigenvalue weighted by Gasteiger charge is -2.17. The minimum Gasteiger partial charge on any atom is -0.508 e. The number of hydrogen-bond acceptors (Lipinski definition) is 6. The van der Waals surface area contributed by atoms with Crippen molar-refractivity contribution >= 4 is 0 Å². The van der Waals surface area contributed by atoms with Gasteiger partial charge in [-0.15, -0.1) is 0 Å².